The van der Waals surface area contributed by atoms with E-state index in [9.17, 15) is 18.0 Å². The van der Waals surface area contributed by atoms with Crippen LogP contribution in [0.25, 0.3) is 0 Å². The Labute approximate surface area is 99.1 Å². The molecule has 1 amide bonds. The number of likely N-dealkylation sites (tertiary alicyclic amines) is 1. The molecule has 1 aliphatic rings. The zero-order valence-corrected chi connectivity index (χ0v) is 9.96. The number of nitrogens with two attached hydrogens (primary N) is 1. The second kappa shape index (κ2) is 5.71. The Morgan fingerprint density at radius 1 is 1.41 bits per heavy atom. The normalized spacial score (nSPS) is 20.4. The highest BCUT2D eigenvalue weighted by atomic mass is 19.4. The number of carbonyl (C=O) groups is 1. The van der Waals surface area contributed by atoms with Gasteiger partial charge in [-0.05, 0) is 25.3 Å². The van der Waals surface area contributed by atoms with Crippen molar-refractivity contribution >= 4 is 5.91 Å². The number of rotatable bonds is 3. The predicted molar refractivity (Wildman–Crippen MR) is 58.2 cm³/mol. The molecule has 6 heteroatoms. The van der Waals surface area contributed by atoms with E-state index in [4.69, 9.17) is 5.73 Å². The van der Waals surface area contributed by atoms with Crippen molar-refractivity contribution in [1.29, 1.82) is 0 Å². The van der Waals surface area contributed by atoms with Crippen LogP contribution in [0.1, 0.15) is 26.2 Å². The fourth-order valence-corrected chi connectivity index (χ4v) is 1.97. The van der Waals surface area contributed by atoms with Crippen LogP contribution in [-0.2, 0) is 4.79 Å². The van der Waals surface area contributed by atoms with Crippen LogP contribution in [0.4, 0.5) is 13.2 Å². The zero-order chi connectivity index (χ0) is 13.1. The molecule has 3 nitrogen and oxygen atoms in total. The molecular weight excluding hydrogens is 233 g/mol. The second-order valence-electron chi connectivity index (χ2n) is 4.74. The zero-order valence-electron chi connectivity index (χ0n) is 9.96. The Bertz CT molecular complexity index is 260. The predicted octanol–water partition coefficient (Wildman–Crippen LogP) is 1.77. The summed E-state index contributed by atoms with van der Waals surface area (Å²) < 4.78 is 37.2. The first-order chi connectivity index (χ1) is 7.84. The van der Waals surface area contributed by atoms with Crippen LogP contribution >= 0.6 is 0 Å². The van der Waals surface area contributed by atoms with Crippen molar-refractivity contribution in [2.24, 2.45) is 17.6 Å². The lowest BCUT2D eigenvalue weighted by Gasteiger charge is -2.33. The van der Waals surface area contributed by atoms with Crippen LogP contribution in [0.3, 0.4) is 0 Å². The maximum Gasteiger partial charge on any atom is 0.391 e. The van der Waals surface area contributed by atoms with Crippen LogP contribution in [0.15, 0.2) is 0 Å². The molecule has 0 aromatic rings. The van der Waals surface area contributed by atoms with E-state index in [0.29, 0.717) is 13.0 Å². The Hall–Kier alpha value is -0.780. The quantitative estimate of drug-likeness (QED) is 0.832. The molecule has 0 spiro atoms. The van der Waals surface area contributed by atoms with Crippen LogP contribution in [0.5, 0.6) is 0 Å². The third kappa shape index (κ3) is 4.18. The number of amides is 1. The summed E-state index contributed by atoms with van der Waals surface area (Å²) in [5.41, 5.74) is 5.41. The molecular formula is C11H19F3N2O. The van der Waals surface area contributed by atoms with Gasteiger partial charge in [0.25, 0.3) is 0 Å². The molecule has 0 saturated carbocycles. The molecule has 100 valence electrons. The number of carbonyl (C=O) groups excluding carboxylic acids is 1. The van der Waals surface area contributed by atoms with Gasteiger partial charge >= 0.3 is 6.18 Å². The summed E-state index contributed by atoms with van der Waals surface area (Å²) in [6.45, 7) is 2.70. The van der Waals surface area contributed by atoms with Gasteiger partial charge in [0.15, 0.2) is 0 Å². The van der Waals surface area contributed by atoms with Gasteiger partial charge in [0.1, 0.15) is 0 Å². The van der Waals surface area contributed by atoms with E-state index in [1.165, 1.54) is 4.90 Å². The minimum atomic E-state index is -4.13. The van der Waals surface area contributed by atoms with Crippen LogP contribution in [0, 0.1) is 11.8 Å². The SMILES string of the molecule is CC(CN)CC(=O)N1CCC(C(F)(F)F)CC1. The fourth-order valence-electron chi connectivity index (χ4n) is 1.97. The van der Waals surface area contributed by atoms with Gasteiger partial charge in [0.2, 0.25) is 5.91 Å². The first-order valence-electron chi connectivity index (χ1n) is 5.89. The lowest BCUT2D eigenvalue weighted by Crippen LogP contribution is -2.42. The van der Waals surface area contributed by atoms with E-state index >= 15 is 0 Å². The molecule has 1 unspecified atom stereocenters. The van der Waals surface area contributed by atoms with E-state index in [0.717, 1.165) is 0 Å². The number of hydrogen-bond donors (Lipinski definition) is 1. The third-order valence-electron chi connectivity index (χ3n) is 3.24. The first-order valence-corrected chi connectivity index (χ1v) is 5.89. The van der Waals surface area contributed by atoms with Crippen molar-refractivity contribution in [3.63, 3.8) is 0 Å². The van der Waals surface area contributed by atoms with Crippen molar-refractivity contribution in [2.75, 3.05) is 19.6 Å². The van der Waals surface area contributed by atoms with Crippen LogP contribution in [0.2, 0.25) is 0 Å². The summed E-state index contributed by atoms with van der Waals surface area (Å²) in [6, 6.07) is 0. The van der Waals surface area contributed by atoms with Crippen molar-refractivity contribution < 1.29 is 18.0 Å². The van der Waals surface area contributed by atoms with E-state index in [-0.39, 0.29) is 37.8 Å². The number of hydrogen-bond acceptors (Lipinski definition) is 2. The molecule has 0 bridgehead atoms. The van der Waals surface area contributed by atoms with Crippen molar-refractivity contribution in [1.82, 2.24) is 4.90 Å². The highest BCUT2D eigenvalue weighted by Crippen LogP contribution is 2.34. The van der Waals surface area contributed by atoms with Crippen molar-refractivity contribution in [3.8, 4) is 0 Å². The summed E-state index contributed by atoms with van der Waals surface area (Å²) in [6.07, 6.45) is -3.76. The van der Waals surface area contributed by atoms with Gasteiger partial charge in [-0.15, -0.1) is 0 Å². The third-order valence-corrected chi connectivity index (χ3v) is 3.24. The first kappa shape index (κ1) is 14.3. The van der Waals surface area contributed by atoms with Gasteiger partial charge in [0, 0.05) is 19.5 Å². The molecule has 0 radical (unpaired) electrons. The van der Waals surface area contributed by atoms with Crippen molar-refractivity contribution in [2.45, 2.75) is 32.4 Å². The monoisotopic (exact) mass is 252 g/mol. The molecule has 1 atom stereocenters. The van der Waals surface area contributed by atoms with Gasteiger partial charge < -0.3 is 10.6 Å². The Morgan fingerprint density at radius 3 is 2.35 bits per heavy atom. The Morgan fingerprint density at radius 2 is 1.94 bits per heavy atom. The van der Waals surface area contributed by atoms with Gasteiger partial charge in [-0.1, -0.05) is 6.92 Å². The van der Waals surface area contributed by atoms with Gasteiger partial charge in [-0.2, -0.15) is 13.2 Å². The number of nitrogens with zero attached hydrogens (tertiary/aromatic N) is 1. The maximum atomic E-state index is 12.4. The molecule has 1 aliphatic heterocycles. The van der Waals surface area contributed by atoms with Crippen LogP contribution in [-0.4, -0.2) is 36.6 Å². The van der Waals surface area contributed by atoms with E-state index in [1.807, 2.05) is 6.92 Å². The lowest BCUT2D eigenvalue weighted by atomic mass is 9.95. The maximum absolute atomic E-state index is 12.4. The van der Waals surface area contributed by atoms with Crippen LogP contribution < -0.4 is 5.73 Å². The smallest absolute Gasteiger partial charge is 0.343 e. The Kier molecular flexibility index (Phi) is 4.80. The minimum Gasteiger partial charge on any atom is -0.343 e. The molecule has 0 aliphatic carbocycles. The molecule has 2 N–H and O–H groups in total. The molecule has 1 saturated heterocycles. The number of alkyl halides is 3. The molecule has 1 fully saturated rings. The summed E-state index contributed by atoms with van der Waals surface area (Å²) in [4.78, 5) is 13.2. The minimum absolute atomic E-state index is 0.0201. The summed E-state index contributed by atoms with van der Waals surface area (Å²) in [5, 5.41) is 0. The molecule has 0 aromatic carbocycles. The molecule has 0 aromatic heterocycles. The Balaban J connectivity index is 2.39. The molecule has 1 heterocycles. The van der Waals surface area contributed by atoms with Gasteiger partial charge in [-0.25, -0.2) is 0 Å². The highest BCUT2D eigenvalue weighted by molar-refractivity contribution is 5.76. The molecule has 1 rings (SSSR count). The second-order valence-corrected chi connectivity index (χ2v) is 4.74. The summed E-state index contributed by atoms with van der Waals surface area (Å²) in [5.74, 6) is -1.25. The standard InChI is InChI=1S/C11H19F3N2O/c1-8(7-15)6-10(17)16-4-2-9(3-5-16)11(12,13)14/h8-9H,2-7,15H2,1H3. The van der Waals surface area contributed by atoms with E-state index in [1.54, 1.807) is 0 Å². The van der Waals surface area contributed by atoms with Crippen molar-refractivity contribution in [3.05, 3.63) is 0 Å². The number of halogens is 3. The largest absolute Gasteiger partial charge is 0.391 e. The average Bonchev–Trinajstić information content (AvgIpc) is 2.27. The average molecular weight is 252 g/mol. The lowest BCUT2D eigenvalue weighted by molar-refractivity contribution is -0.186. The number of piperidine rings is 1. The van der Waals surface area contributed by atoms with E-state index in [2.05, 4.69) is 0 Å². The van der Waals surface area contributed by atoms with Gasteiger partial charge in [-0.3, -0.25) is 4.79 Å². The topological polar surface area (TPSA) is 46.3 Å². The summed E-state index contributed by atoms with van der Waals surface area (Å²) in [7, 11) is 0. The van der Waals surface area contributed by atoms with E-state index < -0.39 is 12.1 Å². The summed E-state index contributed by atoms with van der Waals surface area (Å²) >= 11 is 0. The highest BCUT2D eigenvalue weighted by Gasteiger charge is 2.41. The van der Waals surface area contributed by atoms with Gasteiger partial charge in [0.05, 0.1) is 5.92 Å². The fraction of sp³-hybridized carbons (Fsp3) is 0.909. The molecule has 17 heavy (non-hydrogen) atoms.